The third kappa shape index (κ3) is 3.71. The molecule has 0 saturated carbocycles. The van der Waals surface area contributed by atoms with Crippen LogP contribution in [0, 0.1) is 6.92 Å². The number of hydrogen-bond donors (Lipinski definition) is 3. The highest BCUT2D eigenvalue weighted by Gasteiger charge is 2.54. The predicted molar refractivity (Wildman–Crippen MR) is 124 cm³/mol. The first-order valence-corrected chi connectivity index (χ1v) is 11.2. The molecule has 2 aliphatic rings. The zero-order chi connectivity index (χ0) is 23.2. The summed E-state index contributed by atoms with van der Waals surface area (Å²) in [6.07, 6.45) is 1.34. The van der Waals surface area contributed by atoms with E-state index in [1.54, 1.807) is 29.2 Å². The maximum absolute atomic E-state index is 13.8. The van der Waals surface area contributed by atoms with Gasteiger partial charge in [-0.25, -0.2) is 0 Å². The van der Waals surface area contributed by atoms with Crippen LogP contribution in [-0.2, 0) is 17.6 Å². The molecule has 3 aromatic carbocycles. The number of nitrogens with zero attached hydrogens (tertiary/aromatic N) is 1. The lowest BCUT2D eigenvalue weighted by Crippen LogP contribution is -2.55. The lowest BCUT2D eigenvalue weighted by Gasteiger charge is -2.32. The van der Waals surface area contributed by atoms with Crippen LogP contribution in [0.4, 0.5) is 0 Å². The van der Waals surface area contributed by atoms with Gasteiger partial charge < -0.3 is 20.4 Å². The number of carbonyl (C=O) groups is 2. The van der Waals surface area contributed by atoms with Gasteiger partial charge in [-0.3, -0.25) is 9.59 Å². The van der Waals surface area contributed by atoms with Crippen molar-refractivity contribution in [1.82, 2.24) is 10.2 Å². The number of aryl methyl sites for hydroxylation is 1. The summed E-state index contributed by atoms with van der Waals surface area (Å²) in [5, 5.41) is 23.2. The topological polar surface area (TPSA) is 89.9 Å². The Bertz CT molecular complexity index is 1220. The molecule has 2 heterocycles. The van der Waals surface area contributed by atoms with Crippen LogP contribution in [0.5, 0.6) is 11.5 Å². The minimum Gasteiger partial charge on any atom is -0.504 e. The van der Waals surface area contributed by atoms with Crippen molar-refractivity contribution in [3.8, 4) is 11.5 Å². The van der Waals surface area contributed by atoms with E-state index in [0.29, 0.717) is 31.4 Å². The first-order valence-electron chi connectivity index (χ1n) is 11.2. The van der Waals surface area contributed by atoms with Gasteiger partial charge in [0.05, 0.1) is 6.04 Å². The maximum atomic E-state index is 13.8. The molecule has 0 spiro atoms. The van der Waals surface area contributed by atoms with E-state index in [1.165, 1.54) is 0 Å². The SMILES string of the molecule is Cc1ccc(C(=O)N[C@@]2(Cc3ccccc3)C[C@H]3c4cc(O)c(O)cc4CCN3C2=O)cc1. The van der Waals surface area contributed by atoms with Gasteiger partial charge in [0.25, 0.3) is 5.91 Å². The van der Waals surface area contributed by atoms with E-state index in [1.807, 2.05) is 49.4 Å². The second kappa shape index (κ2) is 7.96. The Kier molecular flexibility index (Phi) is 5.08. The highest BCUT2D eigenvalue weighted by atomic mass is 16.3. The summed E-state index contributed by atoms with van der Waals surface area (Å²) >= 11 is 0. The third-order valence-corrected chi connectivity index (χ3v) is 6.82. The summed E-state index contributed by atoms with van der Waals surface area (Å²) in [4.78, 5) is 28.9. The van der Waals surface area contributed by atoms with Crippen LogP contribution in [0.25, 0.3) is 0 Å². The van der Waals surface area contributed by atoms with E-state index in [0.717, 1.165) is 22.3 Å². The number of carbonyl (C=O) groups excluding carboxylic acids is 2. The zero-order valence-corrected chi connectivity index (χ0v) is 18.4. The smallest absolute Gasteiger partial charge is 0.252 e. The van der Waals surface area contributed by atoms with Crippen LogP contribution in [0.3, 0.4) is 0 Å². The molecule has 0 radical (unpaired) electrons. The summed E-state index contributed by atoms with van der Waals surface area (Å²) in [7, 11) is 0. The van der Waals surface area contributed by atoms with Crippen molar-refractivity contribution in [3.63, 3.8) is 0 Å². The predicted octanol–water partition coefficient (Wildman–Crippen LogP) is 3.65. The molecule has 2 aliphatic heterocycles. The number of rotatable bonds is 4. The van der Waals surface area contributed by atoms with E-state index in [4.69, 9.17) is 0 Å². The van der Waals surface area contributed by atoms with Crippen LogP contribution in [-0.4, -0.2) is 39.0 Å². The van der Waals surface area contributed by atoms with Crippen molar-refractivity contribution in [1.29, 1.82) is 0 Å². The average Bonchev–Trinajstić information content (AvgIpc) is 3.07. The molecule has 1 fully saturated rings. The van der Waals surface area contributed by atoms with Crippen molar-refractivity contribution in [3.05, 3.63) is 94.5 Å². The Morgan fingerprint density at radius 1 is 1.06 bits per heavy atom. The largest absolute Gasteiger partial charge is 0.504 e. The fourth-order valence-electron chi connectivity index (χ4n) is 5.12. The van der Waals surface area contributed by atoms with Crippen LogP contribution in [0.15, 0.2) is 66.7 Å². The summed E-state index contributed by atoms with van der Waals surface area (Å²) < 4.78 is 0. The number of benzene rings is 3. The molecule has 5 rings (SSSR count). The number of aromatic hydroxyl groups is 2. The summed E-state index contributed by atoms with van der Waals surface area (Å²) in [5.41, 5.74) is 3.16. The highest BCUT2D eigenvalue weighted by molar-refractivity contribution is 6.00. The number of phenolic OH excluding ortho intramolecular Hbond substituents is 2. The molecular weight excluding hydrogens is 416 g/mol. The number of fused-ring (bicyclic) bond motifs is 3. The van der Waals surface area contributed by atoms with E-state index in [2.05, 4.69) is 5.32 Å². The van der Waals surface area contributed by atoms with Gasteiger partial charge in [-0.2, -0.15) is 0 Å². The molecule has 0 aliphatic carbocycles. The Balaban J connectivity index is 1.54. The van der Waals surface area contributed by atoms with Crippen LogP contribution in [0.2, 0.25) is 0 Å². The zero-order valence-electron chi connectivity index (χ0n) is 18.4. The van der Waals surface area contributed by atoms with E-state index >= 15 is 0 Å². The number of phenols is 2. The van der Waals surface area contributed by atoms with Crippen LogP contribution >= 0.6 is 0 Å². The van der Waals surface area contributed by atoms with Gasteiger partial charge in [0.1, 0.15) is 5.54 Å². The highest BCUT2D eigenvalue weighted by Crippen LogP contribution is 2.46. The minimum atomic E-state index is -1.11. The van der Waals surface area contributed by atoms with E-state index in [-0.39, 0.29) is 29.4 Å². The van der Waals surface area contributed by atoms with Gasteiger partial charge in [-0.05, 0) is 54.3 Å². The second-order valence-electron chi connectivity index (χ2n) is 9.07. The first kappa shape index (κ1) is 21.1. The molecular formula is C27H26N2O4. The maximum Gasteiger partial charge on any atom is 0.252 e. The second-order valence-corrected chi connectivity index (χ2v) is 9.07. The van der Waals surface area contributed by atoms with Gasteiger partial charge in [0.2, 0.25) is 5.91 Å². The van der Waals surface area contributed by atoms with Gasteiger partial charge in [0.15, 0.2) is 11.5 Å². The molecule has 3 aromatic rings. The quantitative estimate of drug-likeness (QED) is 0.538. The third-order valence-electron chi connectivity index (χ3n) is 6.82. The van der Waals surface area contributed by atoms with Gasteiger partial charge in [-0.1, -0.05) is 48.0 Å². The fourth-order valence-corrected chi connectivity index (χ4v) is 5.12. The minimum absolute atomic E-state index is 0.116. The molecule has 0 bridgehead atoms. The Hall–Kier alpha value is -3.80. The van der Waals surface area contributed by atoms with Crippen molar-refractivity contribution in [2.24, 2.45) is 0 Å². The fraction of sp³-hybridized carbons (Fsp3) is 0.259. The van der Waals surface area contributed by atoms with Gasteiger partial charge >= 0.3 is 0 Å². The number of amides is 2. The van der Waals surface area contributed by atoms with E-state index < -0.39 is 5.54 Å². The summed E-state index contributed by atoms with van der Waals surface area (Å²) in [5.74, 6) is -0.759. The van der Waals surface area contributed by atoms with E-state index in [9.17, 15) is 19.8 Å². The lowest BCUT2D eigenvalue weighted by molar-refractivity contribution is -0.134. The molecule has 168 valence electrons. The number of nitrogens with one attached hydrogen (secondary N) is 1. The molecule has 6 nitrogen and oxygen atoms in total. The molecule has 1 saturated heterocycles. The summed E-state index contributed by atoms with van der Waals surface area (Å²) in [6.45, 7) is 2.46. The normalized spacial score (nSPS) is 21.4. The number of hydrogen-bond acceptors (Lipinski definition) is 4. The molecule has 0 unspecified atom stereocenters. The van der Waals surface area contributed by atoms with Gasteiger partial charge in [0, 0.05) is 24.9 Å². The van der Waals surface area contributed by atoms with Crippen molar-refractivity contribution in [2.45, 2.75) is 37.8 Å². The lowest BCUT2D eigenvalue weighted by atomic mass is 9.84. The Morgan fingerprint density at radius 2 is 1.76 bits per heavy atom. The van der Waals surface area contributed by atoms with Crippen LogP contribution < -0.4 is 5.32 Å². The Labute approximate surface area is 192 Å². The summed E-state index contributed by atoms with van der Waals surface area (Å²) in [6, 6.07) is 19.8. The average molecular weight is 443 g/mol. The molecule has 6 heteroatoms. The standard InChI is InChI=1S/C27H26N2O4/c1-17-7-9-19(10-8-17)25(32)28-27(15-18-5-3-2-4-6-18)16-22-21-14-24(31)23(30)13-20(21)11-12-29(22)26(27)33/h2-10,13-14,22,30-31H,11-12,15-16H2,1H3,(H,28,32)/t22-,27-/m0/s1. The van der Waals surface area contributed by atoms with Crippen molar-refractivity contribution in [2.75, 3.05) is 6.54 Å². The van der Waals surface area contributed by atoms with Crippen molar-refractivity contribution >= 4 is 11.8 Å². The molecule has 2 amide bonds. The van der Waals surface area contributed by atoms with Crippen LogP contribution in [0.1, 0.15) is 45.1 Å². The molecule has 3 N–H and O–H groups in total. The molecule has 0 aromatic heterocycles. The van der Waals surface area contributed by atoms with Crippen molar-refractivity contribution < 1.29 is 19.8 Å². The van der Waals surface area contributed by atoms with Gasteiger partial charge in [-0.15, -0.1) is 0 Å². The molecule has 33 heavy (non-hydrogen) atoms. The Morgan fingerprint density at radius 3 is 2.48 bits per heavy atom. The monoisotopic (exact) mass is 442 g/mol. The molecule has 2 atom stereocenters. The first-order chi connectivity index (χ1) is 15.9.